The summed E-state index contributed by atoms with van der Waals surface area (Å²) in [5, 5.41) is 0.617. The minimum Gasteiger partial charge on any atom is -0.497 e. The zero-order valence-corrected chi connectivity index (χ0v) is 11.1. The molecule has 1 heterocycles. The maximum absolute atomic E-state index is 12.0. The van der Waals surface area contributed by atoms with Gasteiger partial charge in [0.2, 0.25) is 0 Å². The van der Waals surface area contributed by atoms with E-state index in [2.05, 4.69) is 9.97 Å². The van der Waals surface area contributed by atoms with Gasteiger partial charge >= 0.3 is 0 Å². The highest BCUT2D eigenvalue weighted by Gasteiger charge is 2.04. The Morgan fingerprint density at radius 1 is 1.10 bits per heavy atom. The van der Waals surface area contributed by atoms with Crippen molar-refractivity contribution in [1.29, 1.82) is 0 Å². The molecule has 4 heteroatoms. The molecule has 4 nitrogen and oxygen atoms in total. The number of hydrogen-bond acceptors (Lipinski definition) is 3. The number of benzene rings is 2. The second-order valence-electron chi connectivity index (χ2n) is 4.55. The minimum atomic E-state index is -0.0980. The number of hydrogen-bond donors (Lipinski definition) is 1. The SMILES string of the molecule is COc1ccc(Cc2nc3ccccc3c(=O)[nH]2)cc1. The van der Waals surface area contributed by atoms with Crippen LogP contribution < -0.4 is 10.3 Å². The molecule has 0 saturated carbocycles. The molecular weight excluding hydrogens is 252 g/mol. The van der Waals surface area contributed by atoms with E-state index in [1.54, 1.807) is 13.2 Å². The Bertz CT molecular complexity index is 791. The Morgan fingerprint density at radius 3 is 2.60 bits per heavy atom. The first-order valence-electron chi connectivity index (χ1n) is 6.37. The van der Waals surface area contributed by atoms with Gasteiger partial charge in [0.25, 0.3) is 5.56 Å². The van der Waals surface area contributed by atoms with Crippen LogP contribution in [0.3, 0.4) is 0 Å². The summed E-state index contributed by atoms with van der Waals surface area (Å²) in [5.41, 5.74) is 1.70. The number of H-pyrrole nitrogens is 1. The van der Waals surface area contributed by atoms with Crippen molar-refractivity contribution in [2.45, 2.75) is 6.42 Å². The lowest BCUT2D eigenvalue weighted by molar-refractivity contribution is 0.414. The Hall–Kier alpha value is -2.62. The van der Waals surface area contributed by atoms with Crippen molar-refractivity contribution < 1.29 is 4.74 Å². The molecule has 3 rings (SSSR count). The van der Waals surface area contributed by atoms with Crippen LogP contribution in [-0.2, 0) is 6.42 Å². The lowest BCUT2D eigenvalue weighted by Gasteiger charge is -2.04. The van der Waals surface area contributed by atoms with Crippen molar-refractivity contribution >= 4 is 10.9 Å². The summed E-state index contributed by atoms with van der Waals surface area (Å²) < 4.78 is 5.12. The highest BCUT2D eigenvalue weighted by molar-refractivity contribution is 5.77. The van der Waals surface area contributed by atoms with Crippen LogP contribution in [0.25, 0.3) is 10.9 Å². The third-order valence-electron chi connectivity index (χ3n) is 3.19. The third-order valence-corrected chi connectivity index (χ3v) is 3.19. The van der Waals surface area contributed by atoms with E-state index < -0.39 is 0 Å². The van der Waals surface area contributed by atoms with Crippen LogP contribution in [0.1, 0.15) is 11.4 Å². The maximum Gasteiger partial charge on any atom is 0.258 e. The Morgan fingerprint density at radius 2 is 1.85 bits per heavy atom. The highest BCUT2D eigenvalue weighted by atomic mass is 16.5. The van der Waals surface area contributed by atoms with Crippen molar-refractivity contribution in [3.05, 3.63) is 70.3 Å². The number of nitrogens with zero attached hydrogens (tertiary/aromatic N) is 1. The lowest BCUT2D eigenvalue weighted by atomic mass is 10.1. The van der Waals surface area contributed by atoms with Crippen LogP contribution >= 0.6 is 0 Å². The van der Waals surface area contributed by atoms with Crippen LogP contribution in [0, 0.1) is 0 Å². The Balaban J connectivity index is 1.96. The molecule has 0 saturated heterocycles. The molecule has 0 bridgehead atoms. The average Bonchev–Trinajstić information content (AvgIpc) is 2.48. The van der Waals surface area contributed by atoms with Gasteiger partial charge in [0, 0.05) is 6.42 Å². The van der Waals surface area contributed by atoms with E-state index in [-0.39, 0.29) is 5.56 Å². The van der Waals surface area contributed by atoms with Gasteiger partial charge in [0.1, 0.15) is 11.6 Å². The number of methoxy groups -OCH3 is 1. The van der Waals surface area contributed by atoms with Crippen LogP contribution in [0.2, 0.25) is 0 Å². The largest absolute Gasteiger partial charge is 0.497 e. The smallest absolute Gasteiger partial charge is 0.258 e. The highest BCUT2D eigenvalue weighted by Crippen LogP contribution is 2.14. The summed E-state index contributed by atoms with van der Waals surface area (Å²) >= 11 is 0. The fourth-order valence-corrected chi connectivity index (χ4v) is 2.16. The van der Waals surface area contributed by atoms with Crippen molar-refractivity contribution in [3.63, 3.8) is 0 Å². The molecule has 20 heavy (non-hydrogen) atoms. The normalized spacial score (nSPS) is 10.7. The molecule has 0 fully saturated rings. The first-order chi connectivity index (χ1) is 9.76. The van der Waals surface area contributed by atoms with E-state index >= 15 is 0 Å². The van der Waals surface area contributed by atoms with Gasteiger partial charge in [-0.3, -0.25) is 4.79 Å². The van der Waals surface area contributed by atoms with Gasteiger partial charge in [-0.15, -0.1) is 0 Å². The second kappa shape index (κ2) is 5.17. The van der Waals surface area contributed by atoms with E-state index in [4.69, 9.17) is 4.74 Å². The van der Waals surface area contributed by atoms with Gasteiger partial charge in [-0.05, 0) is 29.8 Å². The fraction of sp³-hybridized carbons (Fsp3) is 0.125. The number of aromatic amines is 1. The van der Waals surface area contributed by atoms with Gasteiger partial charge < -0.3 is 9.72 Å². The van der Waals surface area contributed by atoms with Gasteiger partial charge in [0.15, 0.2) is 0 Å². The van der Waals surface area contributed by atoms with Gasteiger partial charge in [-0.2, -0.15) is 0 Å². The number of ether oxygens (including phenoxy) is 1. The van der Waals surface area contributed by atoms with Crippen LogP contribution in [0.15, 0.2) is 53.3 Å². The molecule has 3 aromatic rings. The van der Waals surface area contributed by atoms with Crippen LogP contribution in [-0.4, -0.2) is 17.1 Å². The molecule has 1 N–H and O–H groups in total. The monoisotopic (exact) mass is 266 g/mol. The van der Waals surface area contributed by atoms with Crippen molar-refractivity contribution in [2.24, 2.45) is 0 Å². The second-order valence-corrected chi connectivity index (χ2v) is 4.55. The quantitative estimate of drug-likeness (QED) is 0.792. The number of para-hydroxylation sites is 1. The number of nitrogens with one attached hydrogen (secondary N) is 1. The predicted octanol–water partition coefficient (Wildman–Crippen LogP) is 2.52. The van der Waals surface area contributed by atoms with Crippen molar-refractivity contribution in [2.75, 3.05) is 7.11 Å². The van der Waals surface area contributed by atoms with Crippen LogP contribution in [0.5, 0.6) is 5.75 Å². The van der Waals surface area contributed by atoms with E-state index in [0.29, 0.717) is 17.6 Å². The molecule has 0 spiro atoms. The van der Waals surface area contributed by atoms with Crippen molar-refractivity contribution in [1.82, 2.24) is 9.97 Å². The van der Waals surface area contributed by atoms with Crippen LogP contribution in [0.4, 0.5) is 0 Å². The summed E-state index contributed by atoms with van der Waals surface area (Å²) in [5.74, 6) is 1.48. The molecular formula is C16H14N2O2. The lowest BCUT2D eigenvalue weighted by Crippen LogP contribution is -2.12. The van der Waals surface area contributed by atoms with E-state index in [0.717, 1.165) is 16.8 Å². The third kappa shape index (κ3) is 2.40. The Labute approximate surface area is 116 Å². The number of aromatic nitrogens is 2. The Kier molecular flexibility index (Phi) is 3.21. The molecule has 0 aliphatic heterocycles. The standard InChI is InChI=1S/C16H14N2O2/c1-20-12-8-6-11(7-9-12)10-15-17-14-5-3-2-4-13(14)16(19)18-15/h2-9H,10H2,1H3,(H,17,18,19). The van der Waals surface area contributed by atoms with Gasteiger partial charge in [-0.1, -0.05) is 24.3 Å². The first kappa shape index (κ1) is 12.4. The molecule has 0 radical (unpaired) electrons. The number of rotatable bonds is 3. The summed E-state index contributed by atoms with van der Waals surface area (Å²) in [6, 6.07) is 15.1. The summed E-state index contributed by atoms with van der Waals surface area (Å²) in [6.45, 7) is 0. The maximum atomic E-state index is 12.0. The summed E-state index contributed by atoms with van der Waals surface area (Å²) in [7, 11) is 1.64. The molecule has 2 aromatic carbocycles. The van der Waals surface area contributed by atoms with E-state index in [9.17, 15) is 4.79 Å². The molecule has 0 aliphatic carbocycles. The molecule has 1 aromatic heterocycles. The van der Waals surface area contributed by atoms with E-state index in [1.165, 1.54) is 0 Å². The van der Waals surface area contributed by atoms with Gasteiger partial charge in [-0.25, -0.2) is 4.98 Å². The topological polar surface area (TPSA) is 55.0 Å². The number of fused-ring (bicyclic) bond motifs is 1. The molecule has 0 atom stereocenters. The molecule has 100 valence electrons. The molecule has 0 amide bonds. The van der Waals surface area contributed by atoms with Crippen molar-refractivity contribution in [3.8, 4) is 5.75 Å². The summed E-state index contributed by atoms with van der Waals surface area (Å²) in [4.78, 5) is 19.3. The minimum absolute atomic E-state index is 0.0980. The fourth-order valence-electron chi connectivity index (χ4n) is 2.16. The van der Waals surface area contributed by atoms with E-state index in [1.807, 2.05) is 42.5 Å². The predicted molar refractivity (Wildman–Crippen MR) is 78.2 cm³/mol. The average molecular weight is 266 g/mol. The zero-order valence-electron chi connectivity index (χ0n) is 11.1. The van der Waals surface area contributed by atoms with Gasteiger partial charge in [0.05, 0.1) is 18.0 Å². The molecule has 0 unspecified atom stereocenters. The zero-order chi connectivity index (χ0) is 13.9. The molecule has 0 aliphatic rings. The summed E-state index contributed by atoms with van der Waals surface area (Å²) in [6.07, 6.45) is 0.587. The first-order valence-corrected chi connectivity index (χ1v) is 6.37.